The molecule has 0 saturated carbocycles. The third-order valence-electron chi connectivity index (χ3n) is 3.13. The smallest absolute Gasteiger partial charge is 0.338 e. The van der Waals surface area contributed by atoms with E-state index in [-0.39, 0.29) is 11.6 Å². The topological polar surface area (TPSA) is 49.3 Å². The number of nitrogens with one attached hydrogen (secondary N) is 1. The Morgan fingerprint density at radius 3 is 2.60 bits per heavy atom. The molecule has 1 atom stereocenters. The van der Waals surface area contributed by atoms with Gasteiger partial charge in [0, 0.05) is 21.5 Å². The molecule has 0 radical (unpaired) electrons. The molecule has 106 valence electrons. The van der Waals surface area contributed by atoms with Crippen molar-refractivity contribution in [3.05, 3.63) is 51.0 Å². The van der Waals surface area contributed by atoms with E-state index in [4.69, 9.17) is 5.11 Å². The first-order valence-corrected chi connectivity index (χ1v) is 7.06. The van der Waals surface area contributed by atoms with E-state index in [1.807, 2.05) is 13.8 Å². The second kappa shape index (κ2) is 5.63. The fourth-order valence-corrected chi connectivity index (χ4v) is 3.21. The lowest BCUT2D eigenvalue weighted by molar-refractivity contribution is 0.0692. The Labute approximate surface area is 121 Å². The number of hydrogen-bond acceptors (Lipinski definition) is 3. The summed E-state index contributed by atoms with van der Waals surface area (Å²) in [5.74, 6) is -1.99. The van der Waals surface area contributed by atoms with Gasteiger partial charge in [0.1, 0.15) is 5.82 Å². The molecule has 3 nitrogen and oxygen atoms in total. The fraction of sp³-hybridized carbons (Fsp3) is 0.267. The number of benzene rings is 1. The van der Waals surface area contributed by atoms with Crippen molar-refractivity contribution in [2.75, 3.05) is 5.32 Å². The number of rotatable bonds is 4. The summed E-state index contributed by atoms with van der Waals surface area (Å²) >= 11 is 1.72. The molecule has 0 fully saturated rings. The molecule has 0 amide bonds. The molecule has 1 aromatic heterocycles. The van der Waals surface area contributed by atoms with Crippen LogP contribution in [0.15, 0.2) is 24.3 Å². The van der Waals surface area contributed by atoms with Gasteiger partial charge in [0.05, 0.1) is 5.56 Å². The lowest BCUT2D eigenvalue weighted by Crippen LogP contribution is -2.08. The second-order valence-corrected chi connectivity index (χ2v) is 6.19. The highest BCUT2D eigenvalue weighted by atomic mass is 32.1. The minimum Gasteiger partial charge on any atom is -0.478 e. The Morgan fingerprint density at radius 1 is 1.35 bits per heavy atom. The zero-order valence-electron chi connectivity index (χ0n) is 11.5. The van der Waals surface area contributed by atoms with Crippen LogP contribution >= 0.6 is 11.3 Å². The Morgan fingerprint density at radius 2 is 2.05 bits per heavy atom. The Kier molecular flexibility index (Phi) is 4.09. The average Bonchev–Trinajstić information content (AvgIpc) is 2.70. The highest BCUT2D eigenvalue weighted by Crippen LogP contribution is 2.29. The molecule has 0 aliphatic rings. The molecule has 0 aliphatic heterocycles. The molecular weight excluding hydrogens is 277 g/mol. The van der Waals surface area contributed by atoms with E-state index in [0.717, 1.165) is 0 Å². The van der Waals surface area contributed by atoms with Crippen LogP contribution in [0.4, 0.5) is 10.1 Å². The number of carbonyl (C=O) groups is 1. The van der Waals surface area contributed by atoms with Gasteiger partial charge in [-0.1, -0.05) is 0 Å². The standard InChI is InChI=1S/C15H16FNO2S/c1-8-6-12(10(3)20-8)9(2)17-11-4-5-14(16)13(7-11)15(18)19/h4-7,9,17H,1-3H3,(H,18,19). The van der Waals surface area contributed by atoms with Crippen molar-refractivity contribution >= 4 is 23.0 Å². The number of carboxylic acid groups (broad SMARTS) is 1. The van der Waals surface area contributed by atoms with Gasteiger partial charge in [-0.05, 0) is 50.6 Å². The van der Waals surface area contributed by atoms with Gasteiger partial charge in [-0.15, -0.1) is 11.3 Å². The van der Waals surface area contributed by atoms with Crippen LogP contribution in [0.3, 0.4) is 0 Å². The van der Waals surface area contributed by atoms with Crippen molar-refractivity contribution < 1.29 is 14.3 Å². The number of anilines is 1. The van der Waals surface area contributed by atoms with Gasteiger partial charge < -0.3 is 10.4 Å². The van der Waals surface area contributed by atoms with Crippen LogP contribution in [0.25, 0.3) is 0 Å². The van der Waals surface area contributed by atoms with Gasteiger partial charge in [-0.2, -0.15) is 0 Å². The number of halogens is 1. The first-order valence-electron chi connectivity index (χ1n) is 6.25. The van der Waals surface area contributed by atoms with Gasteiger partial charge in [-0.3, -0.25) is 0 Å². The second-order valence-electron chi connectivity index (χ2n) is 4.73. The highest BCUT2D eigenvalue weighted by Gasteiger charge is 2.14. The lowest BCUT2D eigenvalue weighted by atomic mass is 10.1. The Bertz CT molecular complexity index is 651. The monoisotopic (exact) mass is 293 g/mol. The average molecular weight is 293 g/mol. The molecule has 1 unspecified atom stereocenters. The van der Waals surface area contributed by atoms with Crippen LogP contribution in [-0.4, -0.2) is 11.1 Å². The zero-order chi connectivity index (χ0) is 14.9. The quantitative estimate of drug-likeness (QED) is 0.879. The summed E-state index contributed by atoms with van der Waals surface area (Å²) in [6, 6.07) is 6.19. The number of aryl methyl sites for hydroxylation is 2. The van der Waals surface area contributed by atoms with E-state index in [9.17, 15) is 9.18 Å². The number of hydrogen-bond donors (Lipinski definition) is 2. The maximum absolute atomic E-state index is 13.3. The van der Waals surface area contributed by atoms with Crippen LogP contribution in [-0.2, 0) is 0 Å². The van der Waals surface area contributed by atoms with E-state index in [2.05, 4.69) is 18.3 Å². The van der Waals surface area contributed by atoms with Crippen molar-refractivity contribution in [3.8, 4) is 0 Å². The number of thiophene rings is 1. The maximum atomic E-state index is 13.3. The molecular formula is C15H16FNO2S. The largest absolute Gasteiger partial charge is 0.478 e. The lowest BCUT2D eigenvalue weighted by Gasteiger charge is -2.16. The van der Waals surface area contributed by atoms with Crippen LogP contribution < -0.4 is 5.32 Å². The normalized spacial score (nSPS) is 12.2. The number of aromatic carboxylic acids is 1. The third-order valence-corrected chi connectivity index (χ3v) is 4.11. The molecule has 20 heavy (non-hydrogen) atoms. The van der Waals surface area contributed by atoms with E-state index >= 15 is 0 Å². The van der Waals surface area contributed by atoms with Crippen molar-refractivity contribution in [2.24, 2.45) is 0 Å². The van der Waals surface area contributed by atoms with Gasteiger partial charge in [0.25, 0.3) is 0 Å². The van der Waals surface area contributed by atoms with Gasteiger partial charge in [0.15, 0.2) is 0 Å². The molecule has 0 saturated heterocycles. The summed E-state index contributed by atoms with van der Waals surface area (Å²) in [5, 5.41) is 12.1. The van der Waals surface area contributed by atoms with E-state index in [1.165, 1.54) is 27.5 Å². The Hall–Kier alpha value is -1.88. The predicted molar refractivity (Wildman–Crippen MR) is 79.2 cm³/mol. The van der Waals surface area contributed by atoms with Crippen LogP contribution in [0.1, 0.15) is 38.6 Å². The van der Waals surface area contributed by atoms with Gasteiger partial charge in [-0.25, -0.2) is 9.18 Å². The summed E-state index contributed by atoms with van der Waals surface area (Å²) < 4.78 is 13.3. The van der Waals surface area contributed by atoms with Crippen molar-refractivity contribution in [3.63, 3.8) is 0 Å². The van der Waals surface area contributed by atoms with Crippen molar-refractivity contribution in [2.45, 2.75) is 26.8 Å². The molecule has 1 aromatic carbocycles. The summed E-state index contributed by atoms with van der Waals surface area (Å²) in [6.45, 7) is 6.10. The molecule has 2 rings (SSSR count). The van der Waals surface area contributed by atoms with Crippen LogP contribution in [0.2, 0.25) is 0 Å². The Balaban J connectivity index is 2.24. The van der Waals surface area contributed by atoms with E-state index in [0.29, 0.717) is 5.69 Å². The van der Waals surface area contributed by atoms with Crippen molar-refractivity contribution in [1.82, 2.24) is 0 Å². The number of carboxylic acids is 1. The van der Waals surface area contributed by atoms with Gasteiger partial charge >= 0.3 is 5.97 Å². The minimum atomic E-state index is -1.26. The zero-order valence-corrected chi connectivity index (χ0v) is 12.3. The molecule has 2 aromatic rings. The molecule has 2 N–H and O–H groups in total. The summed E-state index contributed by atoms with van der Waals surface area (Å²) in [6.07, 6.45) is 0. The minimum absolute atomic E-state index is 0.0343. The first-order chi connectivity index (χ1) is 9.38. The summed E-state index contributed by atoms with van der Waals surface area (Å²) in [7, 11) is 0. The molecule has 0 aliphatic carbocycles. The first kappa shape index (κ1) is 14.5. The van der Waals surface area contributed by atoms with E-state index in [1.54, 1.807) is 17.4 Å². The molecule has 0 bridgehead atoms. The summed E-state index contributed by atoms with van der Waals surface area (Å²) in [4.78, 5) is 13.4. The third kappa shape index (κ3) is 2.99. The maximum Gasteiger partial charge on any atom is 0.338 e. The van der Waals surface area contributed by atoms with Crippen LogP contribution in [0, 0.1) is 19.7 Å². The fourth-order valence-electron chi connectivity index (χ4n) is 2.19. The summed E-state index contributed by atoms with van der Waals surface area (Å²) in [5.41, 5.74) is 1.45. The van der Waals surface area contributed by atoms with E-state index < -0.39 is 11.8 Å². The van der Waals surface area contributed by atoms with Gasteiger partial charge in [0.2, 0.25) is 0 Å². The SMILES string of the molecule is Cc1cc(C(C)Nc2ccc(F)c(C(=O)O)c2)c(C)s1. The molecule has 0 spiro atoms. The molecule has 1 heterocycles. The van der Waals surface area contributed by atoms with Crippen LogP contribution in [0.5, 0.6) is 0 Å². The highest BCUT2D eigenvalue weighted by molar-refractivity contribution is 7.12. The van der Waals surface area contributed by atoms with Crippen molar-refractivity contribution in [1.29, 1.82) is 0 Å². The predicted octanol–water partition coefficient (Wildman–Crippen LogP) is 4.38. The molecule has 5 heteroatoms.